The molecule has 0 spiro atoms. The van der Waals surface area contributed by atoms with Gasteiger partial charge in [-0.2, -0.15) is 0 Å². The summed E-state index contributed by atoms with van der Waals surface area (Å²) in [5, 5.41) is 13.4. The zero-order chi connectivity index (χ0) is 17.9. The summed E-state index contributed by atoms with van der Waals surface area (Å²) >= 11 is 0. The SMILES string of the molecule is CCCCC1(c2ccccc2)C(C)=C(C)C(C)=C(NC)C1C(=O)O. The molecule has 3 nitrogen and oxygen atoms in total. The van der Waals surface area contributed by atoms with E-state index in [0.29, 0.717) is 0 Å². The summed E-state index contributed by atoms with van der Waals surface area (Å²) in [5.74, 6) is -1.34. The first-order valence-corrected chi connectivity index (χ1v) is 8.77. The molecule has 24 heavy (non-hydrogen) atoms. The van der Waals surface area contributed by atoms with E-state index in [4.69, 9.17) is 0 Å². The predicted molar refractivity (Wildman–Crippen MR) is 98.9 cm³/mol. The minimum atomic E-state index is -0.759. The molecule has 1 aliphatic rings. The van der Waals surface area contributed by atoms with Crippen LogP contribution in [0.1, 0.15) is 52.5 Å². The topological polar surface area (TPSA) is 49.3 Å². The van der Waals surface area contributed by atoms with Crippen LogP contribution in [0.25, 0.3) is 0 Å². The monoisotopic (exact) mass is 327 g/mol. The van der Waals surface area contributed by atoms with Crippen molar-refractivity contribution in [3.05, 3.63) is 58.3 Å². The summed E-state index contributed by atoms with van der Waals surface area (Å²) in [6, 6.07) is 10.2. The van der Waals surface area contributed by atoms with Gasteiger partial charge in [0.15, 0.2) is 0 Å². The lowest BCUT2D eigenvalue weighted by atomic mass is 9.58. The maximum atomic E-state index is 12.4. The van der Waals surface area contributed by atoms with E-state index >= 15 is 0 Å². The van der Waals surface area contributed by atoms with Crippen molar-refractivity contribution >= 4 is 5.97 Å². The minimum Gasteiger partial charge on any atom is -0.481 e. The molecule has 3 heteroatoms. The van der Waals surface area contributed by atoms with Gasteiger partial charge in [-0.05, 0) is 43.9 Å². The molecule has 130 valence electrons. The van der Waals surface area contributed by atoms with Crippen LogP contribution >= 0.6 is 0 Å². The van der Waals surface area contributed by atoms with Crippen LogP contribution in [0.2, 0.25) is 0 Å². The standard InChI is InChI=1S/C21H29NO2/c1-6-7-13-21(17-11-9-8-10-12-17)16(4)14(2)15(3)19(22-5)18(21)20(23)24/h8-12,18,22H,6-7,13H2,1-5H3,(H,23,24). The van der Waals surface area contributed by atoms with Crippen LogP contribution in [0.5, 0.6) is 0 Å². The molecule has 1 aliphatic carbocycles. The maximum absolute atomic E-state index is 12.4. The van der Waals surface area contributed by atoms with Gasteiger partial charge in [0.1, 0.15) is 5.92 Å². The second kappa shape index (κ2) is 7.25. The molecule has 2 rings (SSSR count). The highest BCUT2D eigenvalue weighted by atomic mass is 16.4. The molecule has 1 aromatic rings. The summed E-state index contributed by atoms with van der Waals surface area (Å²) in [5.41, 5.74) is 4.90. The Hall–Kier alpha value is -2.03. The van der Waals surface area contributed by atoms with E-state index in [1.54, 1.807) is 0 Å². The van der Waals surface area contributed by atoms with Crippen LogP contribution in [0.3, 0.4) is 0 Å². The van der Waals surface area contributed by atoms with Crippen LogP contribution in [0.15, 0.2) is 52.7 Å². The molecule has 0 fully saturated rings. The number of hydrogen-bond donors (Lipinski definition) is 2. The lowest BCUT2D eigenvalue weighted by Crippen LogP contribution is -2.47. The second-order valence-corrected chi connectivity index (χ2v) is 6.75. The molecule has 2 unspecified atom stereocenters. The number of unbranched alkanes of at least 4 members (excludes halogenated alkanes) is 1. The molecule has 0 heterocycles. The largest absolute Gasteiger partial charge is 0.481 e. The highest BCUT2D eigenvalue weighted by Gasteiger charge is 2.50. The van der Waals surface area contributed by atoms with E-state index in [9.17, 15) is 9.90 Å². The average molecular weight is 327 g/mol. The van der Waals surface area contributed by atoms with E-state index in [0.717, 1.165) is 36.1 Å². The predicted octanol–water partition coefficient (Wildman–Crippen LogP) is 4.66. The number of allylic oxidation sites excluding steroid dienone is 3. The molecule has 0 saturated carbocycles. The fraction of sp³-hybridized carbons (Fsp3) is 0.476. The Morgan fingerprint density at radius 3 is 2.29 bits per heavy atom. The average Bonchev–Trinajstić information content (AvgIpc) is 2.59. The summed E-state index contributed by atoms with van der Waals surface area (Å²) in [6.45, 7) is 8.41. The quantitative estimate of drug-likeness (QED) is 0.799. The van der Waals surface area contributed by atoms with Gasteiger partial charge in [-0.3, -0.25) is 4.79 Å². The number of carboxylic acid groups (broad SMARTS) is 1. The molecule has 0 radical (unpaired) electrons. The fourth-order valence-electron chi connectivity index (χ4n) is 4.21. The van der Waals surface area contributed by atoms with Crippen LogP contribution in [0, 0.1) is 5.92 Å². The van der Waals surface area contributed by atoms with Crippen LogP contribution in [0.4, 0.5) is 0 Å². The van der Waals surface area contributed by atoms with Gasteiger partial charge in [0, 0.05) is 18.2 Å². The van der Waals surface area contributed by atoms with Crippen molar-refractivity contribution in [2.24, 2.45) is 5.92 Å². The number of rotatable bonds is 6. The highest BCUT2D eigenvalue weighted by molar-refractivity contribution is 5.79. The zero-order valence-electron chi connectivity index (χ0n) is 15.4. The Balaban J connectivity index is 2.81. The van der Waals surface area contributed by atoms with Crippen molar-refractivity contribution < 1.29 is 9.90 Å². The molecular weight excluding hydrogens is 298 g/mol. The lowest BCUT2D eigenvalue weighted by molar-refractivity contribution is -0.142. The highest BCUT2D eigenvalue weighted by Crippen LogP contribution is 2.51. The van der Waals surface area contributed by atoms with Crippen LogP contribution in [-0.4, -0.2) is 18.1 Å². The smallest absolute Gasteiger partial charge is 0.313 e. The number of aliphatic carboxylic acids is 1. The van der Waals surface area contributed by atoms with E-state index in [1.165, 1.54) is 11.1 Å². The van der Waals surface area contributed by atoms with Gasteiger partial charge in [0.05, 0.1) is 0 Å². The van der Waals surface area contributed by atoms with Gasteiger partial charge in [-0.1, -0.05) is 55.7 Å². The van der Waals surface area contributed by atoms with E-state index in [1.807, 2.05) is 32.2 Å². The van der Waals surface area contributed by atoms with Gasteiger partial charge >= 0.3 is 5.97 Å². The Morgan fingerprint density at radius 2 is 1.79 bits per heavy atom. The van der Waals surface area contributed by atoms with Gasteiger partial charge < -0.3 is 10.4 Å². The molecule has 2 atom stereocenters. The van der Waals surface area contributed by atoms with Crippen molar-refractivity contribution in [3.8, 4) is 0 Å². The minimum absolute atomic E-state index is 0.495. The third-order valence-corrected chi connectivity index (χ3v) is 5.71. The van der Waals surface area contributed by atoms with Crippen LogP contribution in [-0.2, 0) is 10.2 Å². The summed E-state index contributed by atoms with van der Waals surface area (Å²) in [4.78, 5) is 12.4. The number of hydrogen-bond acceptors (Lipinski definition) is 2. The second-order valence-electron chi connectivity index (χ2n) is 6.75. The van der Waals surface area contributed by atoms with Gasteiger partial charge in [-0.15, -0.1) is 0 Å². The Labute approximate surface area is 145 Å². The third-order valence-electron chi connectivity index (χ3n) is 5.71. The molecule has 0 amide bonds. The van der Waals surface area contributed by atoms with Crippen molar-refractivity contribution in [1.82, 2.24) is 5.32 Å². The van der Waals surface area contributed by atoms with Gasteiger partial charge in [0.2, 0.25) is 0 Å². The van der Waals surface area contributed by atoms with Crippen LogP contribution < -0.4 is 5.32 Å². The van der Waals surface area contributed by atoms with Crippen molar-refractivity contribution in [3.63, 3.8) is 0 Å². The van der Waals surface area contributed by atoms with E-state index in [-0.39, 0.29) is 0 Å². The molecule has 0 bridgehead atoms. The van der Waals surface area contributed by atoms with Gasteiger partial charge in [0.25, 0.3) is 0 Å². The third kappa shape index (κ3) is 2.77. The number of carbonyl (C=O) groups is 1. The summed E-state index contributed by atoms with van der Waals surface area (Å²) in [6.07, 6.45) is 2.89. The molecule has 0 aromatic heterocycles. The lowest BCUT2D eigenvalue weighted by Gasteiger charge is -2.46. The molecule has 0 saturated heterocycles. The number of nitrogens with one attached hydrogen (secondary N) is 1. The Kier molecular flexibility index (Phi) is 5.53. The molecule has 1 aromatic carbocycles. The summed E-state index contributed by atoms with van der Waals surface area (Å²) in [7, 11) is 1.83. The van der Waals surface area contributed by atoms with Crippen molar-refractivity contribution in [2.75, 3.05) is 7.05 Å². The molecule has 2 N–H and O–H groups in total. The van der Waals surface area contributed by atoms with Crippen molar-refractivity contribution in [2.45, 2.75) is 52.4 Å². The first kappa shape index (κ1) is 18.3. The van der Waals surface area contributed by atoms with E-state index < -0.39 is 17.3 Å². The number of carboxylic acids is 1. The maximum Gasteiger partial charge on any atom is 0.313 e. The zero-order valence-corrected chi connectivity index (χ0v) is 15.4. The Morgan fingerprint density at radius 1 is 1.17 bits per heavy atom. The fourth-order valence-corrected chi connectivity index (χ4v) is 4.21. The first-order chi connectivity index (χ1) is 11.4. The number of benzene rings is 1. The molecule has 0 aliphatic heterocycles. The summed E-state index contributed by atoms with van der Waals surface area (Å²) < 4.78 is 0. The Bertz CT molecular complexity index is 672. The van der Waals surface area contributed by atoms with E-state index in [2.05, 4.69) is 38.2 Å². The normalized spacial score (nSPS) is 24.3. The van der Waals surface area contributed by atoms with Gasteiger partial charge in [-0.25, -0.2) is 0 Å². The first-order valence-electron chi connectivity index (χ1n) is 8.77. The van der Waals surface area contributed by atoms with Crippen molar-refractivity contribution in [1.29, 1.82) is 0 Å². The molecular formula is C21H29NO2.